The van der Waals surface area contributed by atoms with Crippen LogP contribution in [0.1, 0.15) is 219 Å². The molecule has 0 aromatic carbocycles. The van der Waals surface area contributed by atoms with Crippen LogP contribution in [0.5, 0.6) is 0 Å². The SMILES string of the molecule is CCCCCCCCCCC/C=C/CC/C=C/C(O)C(COP(=O)(O)OCC[N+](C)(C)C)NC(=O)CCCCCCCCC/C=C\CCCCCCCCCCCC. The number of aliphatic hydroxyl groups excluding tert-OH is 1. The quantitative estimate of drug-likeness (QED) is 0.0244. The number of unbranched alkanes of at least 4 members (excludes halogenated alkanes) is 27. The van der Waals surface area contributed by atoms with E-state index in [1.54, 1.807) is 6.08 Å². The number of phosphoric acid groups is 1. The van der Waals surface area contributed by atoms with Crippen LogP contribution in [-0.4, -0.2) is 73.4 Å². The third-order valence-electron chi connectivity index (χ3n) is 10.8. The lowest BCUT2D eigenvalue weighted by Gasteiger charge is -2.25. The zero-order chi connectivity index (χ0) is 42.8. The van der Waals surface area contributed by atoms with Gasteiger partial charge in [-0.3, -0.25) is 13.8 Å². The Morgan fingerprint density at radius 2 is 0.948 bits per heavy atom. The fourth-order valence-corrected chi connectivity index (χ4v) is 7.67. The molecule has 0 saturated carbocycles. The van der Waals surface area contributed by atoms with E-state index in [1.165, 1.54) is 161 Å². The first-order valence-electron chi connectivity index (χ1n) is 24.4. The van der Waals surface area contributed by atoms with Crippen LogP contribution < -0.4 is 5.32 Å². The first kappa shape index (κ1) is 56.7. The molecule has 0 saturated heterocycles. The van der Waals surface area contributed by atoms with E-state index >= 15 is 0 Å². The molecule has 3 N–H and O–H groups in total. The number of amides is 1. The van der Waals surface area contributed by atoms with Crippen molar-refractivity contribution in [3.8, 4) is 0 Å². The van der Waals surface area contributed by atoms with E-state index in [1.807, 2.05) is 27.2 Å². The van der Waals surface area contributed by atoms with Gasteiger partial charge in [-0.15, -0.1) is 0 Å². The molecular weight excluding hydrogens is 744 g/mol. The van der Waals surface area contributed by atoms with E-state index < -0.39 is 20.0 Å². The first-order chi connectivity index (χ1) is 28.0. The number of nitrogens with zero attached hydrogens (tertiary/aromatic N) is 1. The predicted molar refractivity (Wildman–Crippen MR) is 249 cm³/mol. The molecule has 342 valence electrons. The minimum absolute atomic E-state index is 0.0555. The summed E-state index contributed by atoms with van der Waals surface area (Å²) >= 11 is 0. The van der Waals surface area contributed by atoms with E-state index in [0.29, 0.717) is 17.4 Å². The lowest BCUT2D eigenvalue weighted by atomic mass is 10.1. The molecule has 0 aliphatic carbocycles. The van der Waals surface area contributed by atoms with Crippen molar-refractivity contribution in [1.82, 2.24) is 5.32 Å². The van der Waals surface area contributed by atoms with Crippen LogP contribution >= 0.6 is 7.82 Å². The van der Waals surface area contributed by atoms with Gasteiger partial charge in [0.1, 0.15) is 13.2 Å². The van der Waals surface area contributed by atoms with Crippen LogP contribution in [0.4, 0.5) is 0 Å². The number of nitrogens with one attached hydrogen (secondary N) is 1. The molecule has 0 aliphatic rings. The van der Waals surface area contributed by atoms with E-state index in [-0.39, 0.29) is 19.1 Å². The molecule has 0 fully saturated rings. The number of aliphatic hydroxyl groups is 1. The third kappa shape index (κ3) is 42.8. The molecule has 0 aliphatic heterocycles. The second-order valence-corrected chi connectivity index (χ2v) is 19.3. The minimum Gasteiger partial charge on any atom is -0.387 e. The van der Waals surface area contributed by atoms with Gasteiger partial charge in [0.2, 0.25) is 5.91 Å². The van der Waals surface area contributed by atoms with Crippen molar-refractivity contribution in [2.75, 3.05) is 40.9 Å². The summed E-state index contributed by atoms with van der Waals surface area (Å²) in [7, 11) is 1.55. The topological polar surface area (TPSA) is 105 Å². The Kier molecular flexibility index (Phi) is 40.2. The summed E-state index contributed by atoms with van der Waals surface area (Å²) in [5.41, 5.74) is 0. The summed E-state index contributed by atoms with van der Waals surface area (Å²) < 4.78 is 23.6. The summed E-state index contributed by atoms with van der Waals surface area (Å²) in [5, 5.41) is 13.8. The molecule has 8 nitrogen and oxygen atoms in total. The lowest BCUT2D eigenvalue weighted by Crippen LogP contribution is -2.45. The van der Waals surface area contributed by atoms with Gasteiger partial charge in [0.25, 0.3) is 0 Å². The first-order valence-corrected chi connectivity index (χ1v) is 25.9. The zero-order valence-corrected chi connectivity index (χ0v) is 39.7. The van der Waals surface area contributed by atoms with Gasteiger partial charge in [-0.1, -0.05) is 192 Å². The molecule has 0 spiro atoms. The monoisotopic (exact) mass is 840 g/mol. The molecule has 0 bridgehead atoms. The maximum absolute atomic E-state index is 12.9. The van der Waals surface area contributed by atoms with Crippen molar-refractivity contribution in [2.24, 2.45) is 0 Å². The summed E-state index contributed by atoms with van der Waals surface area (Å²) in [6.45, 7) is 4.79. The van der Waals surface area contributed by atoms with E-state index in [0.717, 1.165) is 38.5 Å². The van der Waals surface area contributed by atoms with Crippen LogP contribution in [0, 0.1) is 0 Å². The Balaban J connectivity index is 4.36. The minimum atomic E-state index is -4.35. The lowest BCUT2D eigenvalue weighted by molar-refractivity contribution is -0.870. The molecule has 9 heteroatoms. The number of carbonyl (C=O) groups is 1. The van der Waals surface area contributed by atoms with Crippen LogP contribution in [0.3, 0.4) is 0 Å². The number of allylic oxidation sites excluding steroid dienone is 5. The molecule has 58 heavy (non-hydrogen) atoms. The Morgan fingerprint density at radius 1 is 0.569 bits per heavy atom. The highest BCUT2D eigenvalue weighted by atomic mass is 31.2. The summed E-state index contributed by atoms with van der Waals surface area (Å²) in [6, 6.07) is -0.864. The number of carbonyl (C=O) groups excluding carboxylic acids is 1. The van der Waals surface area contributed by atoms with Crippen molar-refractivity contribution in [3.63, 3.8) is 0 Å². The second kappa shape index (κ2) is 41.1. The van der Waals surface area contributed by atoms with Crippen molar-refractivity contribution < 1.29 is 32.9 Å². The smallest absolute Gasteiger partial charge is 0.387 e. The standard InChI is InChI=1S/C49H95N2O6P/c1-6-8-10-12-14-16-18-20-22-23-24-25-26-27-29-31-33-35-37-39-41-43-49(53)50-47(46-57-58(54,55)56-45-44-51(3,4)5)48(52)42-40-38-36-34-32-30-28-21-19-17-15-13-11-9-7-2/h25-26,32,34,40,42,47-48,52H,6-24,27-31,33,35-39,41,43-46H2,1-5H3,(H-,50,53,54,55)/p+1/b26-25-,34-32+,42-40+. The number of quaternary nitrogens is 1. The zero-order valence-electron chi connectivity index (χ0n) is 38.8. The maximum Gasteiger partial charge on any atom is 0.472 e. The molecular formula is C49H96N2O6P+. The van der Waals surface area contributed by atoms with Crippen LogP contribution in [0.15, 0.2) is 36.5 Å². The van der Waals surface area contributed by atoms with Gasteiger partial charge in [0.05, 0.1) is 39.9 Å². The highest BCUT2D eigenvalue weighted by Crippen LogP contribution is 2.43. The third-order valence-corrected chi connectivity index (χ3v) is 11.8. The Morgan fingerprint density at radius 3 is 1.38 bits per heavy atom. The molecule has 0 rings (SSSR count). The van der Waals surface area contributed by atoms with Gasteiger partial charge in [-0.05, 0) is 57.8 Å². The Bertz CT molecular complexity index is 1040. The fourth-order valence-electron chi connectivity index (χ4n) is 6.93. The average Bonchev–Trinajstić information content (AvgIpc) is 3.17. The van der Waals surface area contributed by atoms with Crippen LogP contribution in [0.25, 0.3) is 0 Å². The summed E-state index contributed by atoms with van der Waals surface area (Å²) in [5.74, 6) is -0.191. The molecule has 0 aromatic heterocycles. The van der Waals surface area contributed by atoms with Crippen LogP contribution in [-0.2, 0) is 18.4 Å². The fraction of sp³-hybridized carbons (Fsp3) is 0.857. The molecule has 1 amide bonds. The summed E-state index contributed by atoms with van der Waals surface area (Å²) in [4.78, 5) is 23.2. The largest absolute Gasteiger partial charge is 0.472 e. The second-order valence-electron chi connectivity index (χ2n) is 17.8. The van der Waals surface area contributed by atoms with Gasteiger partial charge < -0.3 is 19.8 Å². The normalized spacial score (nSPS) is 14.5. The van der Waals surface area contributed by atoms with Crippen molar-refractivity contribution in [3.05, 3.63) is 36.5 Å². The highest BCUT2D eigenvalue weighted by molar-refractivity contribution is 7.47. The molecule has 3 unspecified atom stereocenters. The number of rotatable bonds is 44. The summed E-state index contributed by atoms with van der Waals surface area (Å²) in [6.07, 6.45) is 50.8. The van der Waals surface area contributed by atoms with E-state index in [2.05, 4.69) is 43.5 Å². The van der Waals surface area contributed by atoms with Crippen molar-refractivity contribution in [2.45, 2.75) is 231 Å². The number of phosphoric ester groups is 1. The van der Waals surface area contributed by atoms with E-state index in [4.69, 9.17) is 9.05 Å². The Hall–Kier alpha value is -1.28. The van der Waals surface area contributed by atoms with Gasteiger partial charge >= 0.3 is 7.82 Å². The maximum atomic E-state index is 12.9. The van der Waals surface area contributed by atoms with Crippen molar-refractivity contribution in [1.29, 1.82) is 0 Å². The van der Waals surface area contributed by atoms with Gasteiger partial charge in [0.15, 0.2) is 0 Å². The number of hydrogen-bond donors (Lipinski definition) is 3. The van der Waals surface area contributed by atoms with Crippen molar-refractivity contribution >= 4 is 13.7 Å². The van der Waals surface area contributed by atoms with Gasteiger partial charge in [-0.25, -0.2) is 4.57 Å². The average molecular weight is 840 g/mol. The Labute approximate surface area is 359 Å². The molecule has 3 atom stereocenters. The van der Waals surface area contributed by atoms with Gasteiger partial charge in [0, 0.05) is 6.42 Å². The van der Waals surface area contributed by atoms with E-state index in [9.17, 15) is 19.4 Å². The predicted octanol–water partition coefficient (Wildman–Crippen LogP) is 13.9. The number of likely N-dealkylation sites (N-methyl/N-ethyl adjacent to an activating group) is 1. The highest BCUT2D eigenvalue weighted by Gasteiger charge is 2.27. The number of hydrogen-bond acceptors (Lipinski definition) is 5. The van der Waals surface area contributed by atoms with Gasteiger partial charge in [-0.2, -0.15) is 0 Å². The van der Waals surface area contributed by atoms with Crippen LogP contribution in [0.2, 0.25) is 0 Å². The molecule has 0 aromatic rings. The molecule has 0 heterocycles. The molecule has 0 radical (unpaired) electrons.